The predicted octanol–water partition coefficient (Wildman–Crippen LogP) is 2.86. The number of ether oxygens (including phenoxy) is 1. The van der Waals surface area contributed by atoms with Gasteiger partial charge in [0.15, 0.2) is 0 Å². The van der Waals surface area contributed by atoms with Crippen molar-refractivity contribution in [2.75, 3.05) is 6.54 Å². The largest absolute Gasteiger partial charge is 0.480 e. The highest BCUT2D eigenvalue weighted by Gasteiger charge is 2.19. The number of carbonyl (C=O) groups excluding carboxylic acids is 1. The number of carbonyl (C=O) groups is 2. The summed E-state index contributed by atoms with van der Waals surface area (Å²) in [7, 11) is 0. The fourth-order valence-corrected chi connectivity index (χ4v) is 1.79. The molecule has 0 saturated heterocycles. The standard InChI is InChI=1S/C14H19N5O4.ClH/c15-8-2-1-3-12(13(20)21)17-14(22)23-9-10-4-6-11(7-5-10)18-19-16;/h4-7,12H,1-3,8-9,15H2,(H,17,22)(H,20,21);1H/t12-;/m0./s1. The fourth-order valence-electron chi connectivity index (χ4n) is 1.79. The lowest BCUT2D eigenvalue weighted by atomic mass is 10.1. The Hall–Kier alpha value is -2.48. The van der Waals surface area contributed by atoms with Gasteiger partial charge in [-0.25, -0.2) is 9.59 Å². The van der Waals surface area contributed by atoms with Crippen molar-refractivity contribution in [2.45, 2.75) is 31.9 Å². The van der Waals surface area contributed by atoms with Crippen molar-refractivity contribution in [3.05, 3.63) is 40.3 Å². The molecule has 9 nitrogen and oxygen atoms in total. The van der Waals surface area contributed by atoms with E-state index >= 15 is 0 Å². The minimum absolute atomic E-state index is 0. The van der Waals surface area contributed by atoms with Crippen molar-refractivity contribution in [2.24, 2.45) is 10.8 Å². The van der Waals surface area contributed by atoms with Gasteiger partial charge in [0.1, 0.15) is 12.6 Å². The molecule has 0 aliphatic rings. The molecule has 132 valence electrons. The molecule has 4 N–H and O–H groups in total. The third-order valence-corrected chi connectivity index (χ3v) is 3.00. The van der Waals surface area contributed by atoms with Crippen LogP contribution in [0.4, 0.5) is 10.5 Å². The number of hydrogen-bond acceptors (Lipinski definition) is 5. The Bertz CT molecular complexity index is 575. The maximum absolute atomic E-state index is 11.6. The van der Waals surface area contributed by atoms with Crippen LogP contribution in [0.15, 0.2) is 29.4 Å². The van der Waals surface area contributed by atoms with Crippen LogP contribution in [0.2, 0.25) is 0 Å². The van der Waals surface area contributed by atoms with Crippen LogP contribution in [0, 0.1) is 0 Å². The topological polar surface area (TPSA) is 150 Å². The Balaban J connectivity index is 0.00000529. The van der Waals surface area contributed by atoms with Gasteiger partial charge in [-0.3, -0.25) is 0 Å². The van der Waals surface area contributed by atoms with Gasteiger partial charge in [-0.05, 0) is 36.9 Å². The molecule has 1 atom stereocenters. The highest BCUT2D eigenvalue weighted by Crippen LogP contribution is 2.13. The lowest BCUT2D eigenvalue weighted by Gasteiger charge is -2.14. The summed E-state index contributed by atoms with van der Waals surface area (Å²) in [5, 5.41) is 14.8. The van der Waals surface area contributed by atoms with Crippen molar-refractivity contribution in [1.82, 2.24) is 5.32 Å². The molecule has 0 bridgehead atoms. The van der Waals surface area contributed by atoms with Crippen molar-refractivity contribution in [1.29, 1.82) is 0 Å². The third-order valence-electron chi connectivity index (χ3n) is 3.00. The Kier molecular flexibility index (Phi) is 10.8. The number of hydrogen-bond donors (Lipinski definition) is 3. The van der Waals surface area contributed by atoms with Gasteiger partial charge in [-0.2, -0.15) is 0 Å². The van der Waals surface area contributed by atoms with Gasteiger partial charge in [0, 0.05) is 10.6 Å². The summed E-state index contributed by atoms with van der Waals surface area (Å²) in [6, 6.07) is 5.47. The Labute approximate surface area is 145 Å². The van der Waals surface area contributed by atoms with Crippen LogP contribution in [-0.4, -0.2) is 29.8 Å². The third kappa shape index (κ3) is 8.23. The van der Waals surface area contributed by atoms with E-state index in [1.807, 2.05) is 0 Å². The molecular weight excluding hydrogens is 338 g/mol. The highest BCUT2D eigenvalue weighted by molar-refractivity contribution is 5.85. The van der Waals surface area contributed by atoms with E-state index < -0.39 is 18.1 Å². The Morgan fingerprint density at radius 3 is 2.54 bits per heavy atom. The number of halogens is 1. The smallest absolute Gasteiger partial charge is 0.408 e. The molecule has 24 heavy (non-hydrogen) atoms. The molecule has 0 saturated carbocycles. The fraction of sp³-hybridized carbons (Fsp3) is 0.429. The molecule has 1 aromatic carbocycles. The number of carboxylic acid groups (broad SMARTS) is 1. The molecule has 0 aliphatic heterocycles. The lowest BCUT2D eigenvalue weighted by molar-refractivity contribution is -0.139. The molecule has 0 heterocycles. The Morgan fingerprint density at radius 2 is 2.00 bits per heavy atom. The number of benzene rings is 1. The average molecular weight is 358 g/mol. The summed E-state index contributed by atoms with van der Waals surface area (Å²) in [5.41, 5.74) is 14.8. The summed E-state index contributed by atoms with van der Waals surface area (Å²) in [6.45, 7) is 0.458. The summed E-state index contributed by atoms with van der Waals surface area (Å²) >= 11 is 0. The first kappa shape index (κ1) is 21.5. The second kappa shape index (κ2) is 12.0. The molecule has 0 radical (unpaired) electrons. The molecule has 0 spiro atoms. The number of nitrogens with two attached hydrogens (primary N) is 1. The maximum Gasteiger partial charge on any atom is 0.408 e. The van der Waals surface area contributed by atoms with Crippen molar-refractivity contribution >= 4 is 30.2 Å². The van der Waals surface area contributed by atoms with Crippen LogP contribution in [0.25, 0.3) is 10.4 Å². The van der Waals surface area contributed by atoms with E-state index in [1.165, 1.54) is 0 Å². The first-order valence-electron chi connectivity index (χ1n) is 7.07. The van der Waals surface area contributed by atoms with Crippen LogP contribution < -0.4 is 11.1 Å². The molecule has 0 unspecified atom stereocenters. The summed E-state index contributed by atoms with van der Waals surface area (Å²) in [6.07, 6.45) is 0.791. The van der Waals surface area contributed by atoms with E-state index in [0.29, 0.717) is 37.1 Å². The first-order valence-corrected chi connectivity index (χ1v) is 7.07. The number of nitrogens with zero attached hydrogens (tertiary/aromatic N) is 3. The van der Waals surface area contributed by atoms with Crippen molar-refractivity contribution in [3.63, 3.8) is 0 Å². The molecular formula is C14H20ClN5O4. The molecule has 0 aromatic heterocycles. The normalized spacial score (nSPS) is 10.7. The van der Waals surface area contributed by atoms with Gasteiger partial charge in [0.25, 0.3) is 0 Å². The van der Waals surface area contributed by atoms with E-state index in [9.17, 15) is 9.59 Å². The average Bonchev–Trinajstić information content (AvgIpc) is 2.53. The predicted molar refractivity (Wildman–Crippen MR) is 90.1 cm³/mol. The minimum Gasteiger partial charge on any atom is -0.480 e. The summed E-state index contributed by atoms with van der Waals surface area (Å²) in [4.78, 5) is 25.4. The number of rotatable bonds is 9. The van der Waals surface area contributed by atoms with E-state index in [0.717, 1.165) is 0 Å². The highest BCUT2D eigenvalue weighted by atomic mass is 35.5. The number of amides is 1. The molecule has 0 aliphatic carbocycles. The summed E-state index contributed by atoms with van der Waals surface area (Å²) < 4.78 is 4.97. The van der Waals surface area contributed by atoms with Crippen LogP contribution in [0.5, 0.6) is 0 Å². The number of carboxylic acids is 1. The quantitative estimate of drug-likeness (QED) is 0.268. The van der Waals surface area contributed by atoms with Crippen molar-refractivity contribution < 1.29 is 19.4 Å². The SMILES string of the molecule is Cl.[N-]=[N+]=Nc1ccc(COC(=O)N[C@@H](CCCCN)C(=O)O)cc1. The first-order chi connectivity index (χ1) is 11.1. The van der Waals surface area contributed by atoms with Gasteiger partial charge in [-0.1, -0.05) is 29.4 Å². The van der Waals surface area contributed by atoms with E-state index in [4.69, 9.17) is 21.1 Å². The van der Waals surface area contributed by atoms with Crippen LogP contribution in [-0.2, 0) is 16.1 Å². The zero-order valence-electron chi connectivity index (χ0n) is 12.9. The molecule has 1 rings (SSSR count). The molecule has 1 amide bonds. The van der Waals surface area contributed by atoms with E-state index in [-0.39, 0.29) is 19.0 Å². The van der Waals surface area contributed by atoms with E-state index in [2.05, 4.69) is 15.3 Å². The number of azide groups is 1. The van der Waals surface area contributed by atoms with E-state index in [1.54, 1.807) is 24.3 Å². The second-order valence-electron chi connectivity index (χ2n) is 4.75. The minimum atomic E-state index is -1.11. The van der Waals surface area contributed by atoms with Crippen LogP contribution >= 0.6 is 12.4 Å². The van der Waals surface area contributed by atoms with Gasteiger partial charge >= 0.3 is 12.1 Å². The number of nitrogens with one attached hydrogen (secondary N) is 1. The van der Waals surface area contributed by atoms with Crippen molar-refractivity contribution in [3.8, 4) is 0 Å². The molecule has 10 heteroatoms. The zero-order chi connectivity index (χ0) is 17.1. The molecule has 1 aromatic rings. The van der Waals surface area contributed by atoms with Crippen LogP contribution in [0.1, 0.15) is 24.8 Å². The molecule has 0 fully saturated rings. The monoisotopic (exact) mass is 357 g/mol. The lowest BCUT2D eigenvalue weighted by Crippen LogP contribution is -2.41. The summed E-state index contributed by atoms with van der Waals surface area (Å²) in [5.74, 6) is -1.11. The maximum atomic E-state index is 11.6. The van der Waals surface area contributed by atoms with Gasteiger partial charge < -0.3 is 20.9 Å². The second-order valence-corrected chi connectivity index (χ2v) is 4.75. The Morgan fingerprint density at radius 1 is 1.33 bits per heavy atom. The van der Waals surface area contributed by atoms with Gasteiger partial charge in [0.2, 0.25) is 0 Å². The van der Waals surface area contributed by atoms with Gasteiger partial charge in [-0.15, -0.1) is 12.4 Å². The number of alkyl carbamates (subject to hydrolysis) is 1. The zero-order valence-corrected chi connectivity index (χ0v) is 13.7. The van der Waals surface area contributed by atoms with Gasteiger partial charge in [0.05, 0.1) is 0 Å². The van der Waals surface area contributed by atoms with Crippen LogP contribution in [0.3, 0.4) is 0 Å². The number of aliphatic carboxylic acids is 1. The number of unbranched alkanes of at least 4 members (excludes halogenated alkanes) is 1.